The van der Waals surface area contributed by atoms with Gasteiger partial charge in [-0.05, 0) is 31.5 Å². The molecule has 0 saturated heterocycles. The Kier molecular flexibility index (Phi) is 4.91. The summed E-state index contributed by atoms with van der Waals surface area (Å²) >= 11 is 0. The van der Waals surface area contributed by atoms with Crippen LogP contribution in [0.4, 0.5) is 5.82 Å². The molecule has 0 spiro atoms. The number of aromatic nitrogens is 5. The van der Waals surface area contributed by atoms with Crippen LogP contribution < -0.4 is 10.0 Å². The zero-order valence-corrected chi connectivity index (χ0v) is 19.2. The van der Waals surface area contributed by atoms with E-state index in [1.54, 1.807) is 27.2 Å². The van der Waals surface area contributed by atoms with Crippen LogP contribution in [-0.4, -0.2) is 40.1 Å². The molecule has 0 amide bonds. The molecule has 4 aromatic heterocycles. The molecule has 0 radical (unpaired) electrons. The number of imidazole rings is 1. The number of pyridine rings is 1. The second-order valence-electron chi connectivity index (χ2n) is 7.61. The van der Waals surface area contributed by atoms with Gasteiger partial charge in [-0.25, -0.2) is 23.1 Å². The van der Waals surface area contributed by atoms with E-state index in [9.17, 15) is 8.42 Å². The van der Waals surface area contributed by atoms with Crippen LogP contribution in [0.3, 0.4) is 0 Å². The fraction of sp³-hybridized carbons (Fsp3) is 0.238. The molecule has 0 unspecified atom stereocenters. The number of nitrogens with zero attached hydrogens (tertiary/aromatic N) is 5. The van der Waals surface area contributed by atoms with Gasteiger partial charge in [-0.1, -0.05) is 17.3 Å². The Bertz CT molecular complexity index is 1600. The molecule has 0 aliphatic rings. The van der Waals surface area contributed by atoms with Crippen molar-refractivity contribution in [1.29, 1.82) is 0 Å². The number of oxazole rings is 1. The van der Waals surface area contributed by atoms with Gasteiger partial charge in [0.1, 0.15) is 21.6 Å². The standard InChI is InChI=1S/C21H21N7O4S/c1-11-18(12(2)32-27-11)33(29,30)24-9-13-6-5-7-14(8-13)20-25-16-17-15(23-10-28(17)4)19(22-3)26-21(16)31-20/h5-8,10,24H,9H2,1-4H3,(H,22,26). The first kappa shape index (κ1) is 21.1. The average Bonchev–Trinajstić information content (AvgIpc) is 3.48. The van der Waals surface area contributed by atoms with Gasteiger partial charge in [0.2, 0.25) is 15.9 Å². The van der Waals surface area contributed by atoms with Crippen LogP contribution in [0.25, 0.3) is 33.7 Å². The number of anilines is 1. The maximum absolute atomic E-state index is 12.7. The Labute approximate surface area is 188 Å². The molecule has 0 aliphatic heterocycles. The Morgan fingerprint density at radius 3 is 2.70 bits per heavy atom. The van der Waals surface area contributed by atoms with Gasteiger partial charge >= 0.3 is 0 Å². The van der Waals surface area contributed by atoms with Gasteiger partial charge in [0.25, 0.3) is 5.71 Å². The molecule has 0 saturated carbocycles. The second kappa shape index (κ2) is 7.67. The highest BCUT2D eigenvalue weighted by Gasteiger charge is 2.24. The first-order valence-electron chi connectivity index (χ1n) is 10.1. The summed E-state index contributed by atoms with van der Waals surface area (Å²) in [6.07, 6.45) is 1.70. The maximum Gasteiger partial charge on any atom is 0.251 e. The third kappa shape index (κ3) is 3.52. The van der Waals surface area contributed by atoms with E-state index >= 15 is 0 Å². The lowest BCUT2D eigenvalue weighted by Crippen LogP contribution is -2.24. The molecule has 1 aromatic carbocycles. The topological polar surface area (TPSA) is 141 Å². The summed E-state index contributed by atoms with van der Waals surface area (Å²) in [7, 11) is -0.123. The van der Waals surface area contributed by atoms with Crippen molar-refractivity contribution < 1.29 is 17.4 Å². The first-order chi connectivity index (χ1) is 15.8. The highest BCUT2D eigenvalue weighted by Crippen LogP contribution is 2.31. The van der Waals surface area contributed by atoms with Gasteiger partial charge in [0.05, 0.1) is 6.33 Å². The zero-order chi connectivity index (χ0) is 23.3. The van der Waals surface area contributed by atoms with E-state index < -0.39 is 10.0 Å². The van der Waals surface area contributed by atoms with E-state index in [0.29, 0.717) is 39.7 Å². The molecule has 4 heterocycles. The summed E-state index contributed by atoms with van der Waals surface area (Å²) in [5, 5.41) is 6.75. The van der Waals surface area contributed by atoms with Crippen molar-refractivity contribution in [2.24, 2.45) is 7.05 Å². The number of hydrogen-bond acceptors (Lipinski definition) is 9. The van der Waals surface area contributed by atoms with Crippen LogP contribution in [0.5, 0.6) is 0 Å². The minimum atomic E-state index is -3.78. The second-order valence-corrected chi connectivity index (χ2v) is 9.32. The van der Waals surface area contributed by atoms with Gasteiger partial charge in [-0.2, -0.15) is 4.98 Å². The summed E-state index contributed by atoms with van der Waals surface area (Å²) in [6, 6.07) is 7.30. The highest BCUT2D eigenvalue weighted by molar-refractivity contribution is 7.89. The molecule has 33 heavy (non-hydrogen) atoms. The van der Waals surface area contributed by atoms with Crippen LogP contribution in [0.15, 0.2) is 44.4 Å². The number of hydrogen-bond donors (Lipinski definition) is 2. The fourth-order valence-electron chi connectivity index (χ4n) is 3.80. The molecule has 11 nitrogen and oxygen atoms in total. The number of benzene rings is 1. The summed E-state index contributed by atoms with van der Waals surface area (Å²) in [4.78, 5) is 13.6. The van der Waals surface area contributed by atoms with Crippen molar-refractivity contribution in [3.63, 3.8) is 0 Å². The molecule has 12 heteroatoms. The summed E-state index contributed by atoms with van der Waals surface area (Å²) in [5.74, 6) is 1.22. The van der Waals surface area contributed by atoms with E-state index in [1.165, 1.54) is 0 Å². The van der Waals surface area contributed by atoms with E-state index in [4.69, 9.17) is 8.94 Å². The number of rotatable bonds is 6. The van der Waals surface area contributed by atoms with E-state index in [0.717, 1.165) is 11.1 Å². The summed E-state index contributed by atoms with van der Waals surface area (Å²) < 4.78 is 40.8. The molecule has 5 aromatic rings. The molecule has 2 N–H and O–H groups in total. The Balaban J connectivity index is 1.48. The summed E-state index contributed by atoms with van der Waals surface area (Å²) in [6.45, 7) is 3.23. The predicted molar refractivity (Wildman–Crippen MR) is 121 cm³/mol. The third-order valence-corrected chi connectivity index (χ3v) is 6.97. The maximum atomic E-state index is 12.7. The predicted octanol–water partition coefficient (Wildman–Crippen LogP) is 2.90. The fourth-order valence-corrected chi connectivity index (χ4v) is 5.14. The van der Waals surface area contributed by atoms with Crippen molar-refractivity contribution in [2.75, 3.05) is 12.4 Å². The third-order valence-electron chi connectivity index (χ3n) is 5.32. The number of fused-ring (bicyclic) bond motifs is 3. The number of sulfonamides is 1. The van der Waals surface area contributed by atoms with Crippen molar-refractivity contribution in [2.45, 2.75) is 25.3 Å². The quantitative estimate of drug-likeness (QED) is 0.385. The molecule has 0 aliphatic carbocycles. The lowest BCUT2D eigenvalue weighted by atomic mass is 10.1. The molecule has 0 fully saturated rings. The highest BCUT2D eigenvalue weighted by atomic mass is 32.2. The molecule has 170 valence electrons. The van der Waals surface area contributed by atoms with E-state index in [-0.39, 0.29) is 17.2 Å². The van der Waals surface area contributed by atoms with Gasteiger partial charge in [0.15, 0.2) is 17.1 Å². The SMILES string of the molecule is CNc1nc2oc(-c3cccc(CNS(=O)(=O)c4c(C)noc4C)c3)nc2c2c1ncn2C. The number of nitrogens with one attached hydrogen (secondary N) is 2. The van der Waals surface area contributed by atoms with Gasteiger partial charge in [-0.15, -0.1) is 0 Å². The Morgan fingerprint density at radius 1 is 1.15 bits per heavy atom. The van der Waals surface area contributed by atoms with Crippen LogP contribution in [0, 0.1) is 13.8 Å². The molecule has 5 rings (SSSR count). The van der Waals surface area contributed by atoms with Gasteiger partial charge in [-0.3, -0.25) is 0 Å². The minimum Gasteiger partial charge on any atom is -0.418 e. The molecular formula is C21H21N7O4S. The average molecular weight is 468 g/mol. The lowest BCUT2D eigenvalue weighted by molar-refractivity contribution is 0.390. The largest absolute Gasteiger partial charge is 0.418 e. The van der Waals surface area contributed by atoms with E-state index in [2.05, 4.69) is 30.1 Å². The van der Waals surface area contributed by atoms with Gasteiger partial charge in [0, 0.05) is 26.2 Å². The van der Waals surface area contributed by atoms with Crippen LogP contribution in [0.2, 0.25) is 0 Å². The number of aryl methyl sites for hydroxylation is 3. The first-order valence-corrected chi connectivity index (χ1v) is 11.6. The minimum absolute atomic E-state index is 0.0595. The zero-order valence-electron chi connectivity index (χ0n) is 18.4. The van der Waals surface area contributed by atoms with Crippen LogP contribution in [-0.2, 0) is 23.6 Å². The monoisotopic (exact) mass is 467 g/mol. The van der Waals surface area contributed by atoms with E-state index in [1.807, 2.05) is 35.9 Å². The summed E-state index contributed by atoms with van der Waals surface area (Å²) in [5.41, 5.74) is 4.24. The van der Waals surface area contributed by atoms with Crippen molar-refractivity contribution in [3.8, 4) is 11.5 Å². The smallest absolute Gasteiger partial charge is 0.251 e. The van der Waals surface area contributed by atoms with Crippen molar-refractivity contribution in [3.05, 3.63) is 47.6 Å². The van der Waals surface area contributed by atoms with Crippen LogP contribution in [0.1, 0.15) is 17.0 Å². The van der Waals surface area contributed by atoms with Gasteiger partial charge < -0.3 is 18.8 Å². The normalized spacial score (nSPS) is 12.1. The van der Waals surface area contributed by atoms with Crippen LogP contribution >= 0.6 is 0 Å². The van der Waals surface area contributed by atoms with Crippen molar-refractivity contribution in [1.82, 2.24) is 29.4 Å². The Hall–Kier alpha value is -3.77. The molecule has 0 atom stereocenters. The molecule has 0 bridgehead atoms. The molecular weight excluding hydrogens is 446 g/mol. The lowest BCUT2D eigenvalue weighted by Gasteiger charge is -2.07. The van der Waals surface area contributed by atoms with Crippen molar-refractivity contribution >= 4 is 38.1 Å². The Morgan fingerprint density at radius 2 is 1.97 bits per heavy atom.